The molecule has 1 aromatic rings. The van der Waals surface area contributed by atoms with Crippen molar-refractivity contribution in [3.8, 4) is 11.5 Å². The van der Waals surface area contributed by atoms with Crippen LogP contribution in [0.4, 0.5) is 0 Å². The fraction of sp³-hybridized carbons (Fsp3) is 0.611. The van der Waals surface area contributed by atoms with E-state index < -0.39 is 0 Å². The fourth-order valence-electron chi connectivity index (χ4n) is 2.21. The highest BCUT2D eigenvalue weighted by molar-refractivity contribution is 5.79. The summed E-state index contributed by atoms with van der Waals surface area (Å²) in [5.74, 6) is 2.51. The van der Waals surface area contributed by atoms with Gasteiger partial charge >= 0.3 is 0 Å². The molecule has 0 saturated carbocycles. The predicted molar refractivity (Wildman–Crippen MR) is 96.8 cm³/mol. The van der Waals surface area contributed by atoms with Crippen LogP contribution in [0.25, 0.3) is 0 Å². The maximum atomic E-state index is 5.62. The van der Waals surface area contributed by atoms with Gasteiger partial charge in [-0.1, -0.05) is 13.0 Å². The first kappa shape index (κ1) is 19.1. The first-order valence-electron chi connectivity index (χ1n) is 8.57. The van der Waals surface area contributed by atoms with Crippen LogP contribution < -0.4 is 20.1 Å². The zero-order valence-corrected chi connectivity index (χ0v) is 14.9. The van der Waals surface area contributed by atoms with E-state index in [1.165, 1.54) is 5.56 Å². The molecule has 0 aromatic heterocycles. The van der Waals surface area contributed by atoms with Crippen molar-refractivity contribution in [1.29, 1.82) is 0 Å². The summed E-state index contributed by atoms with van der Waals surface area (Å²) < 4.78 is 10.9. The van der Waals surface area contributed by atoms with Crippen LogP contribution in [0.15, 0.2) is 23.2 Å². The molecule has 0 bridgehead atoms. The summed E-state index contributed by atoms with van der Waals surface area (Å²) >= 11 is 0. The van der Waals surface area contributed by atoms with Gasteiger partial charge in [-0.3, -0.25) is 4.99 Å². The molecule has 0 radical (unpaired) electrons. The number of ether oxygens (including phenoxy) is 2. The Hall–Kier alpha value is -1.91. The molecule has 0 amide bonds. The molecular formula is C18H31N3O2. The lowest BCUT2D eigenvalue weighted by Crippen LogP contribution is -2.38. The third-order valence-electron chi connectivity index (χ3n) is 3.30. The van der Waals surface area contributed by atoms with Gasteiger partial charge in [0.15, 0.2) is 17.5 Å². The van der Waals surface area contributed by atoms with Gasteiger partial charge in [0.05, 0.1) is 13.7 Å². The number of hydrogen-bond donors (Lipinski definition) is 2. The number of methoxy groups -OCH3 is 1. The molecule has 5 heteroatoms. The molecule has 5 nitrogen and oxygen atoms in total. The van der Waals surface area contributed by atoms with Crippen LogP contribution in [0.3, 0.4) is 0 Å². The topological polar surface area (TPSA) is 54.9 Å². The number of nitrogens with one attached hydrogen (secondary N) is 2. The summed E-state index contributed by atoms with van der Waals surface area (Å²) in [6.45, 7) is 9.46. The van der Waals surface area contributed by atoms with E-state index in [4.69, 9.17) is 9.47 Å². The Morgan fingerprint density at radius 1 is 1.13 bits per heavy atom. The molecule has 0 aliphatic heterocycles. The molecule has 0 heterocycles. The summed E-state index contributed by atoms with van der Waals surface area (Å²) in [7, 11) is 1.67. The van der Waals surface area contributed by atoms with Crippen molar-refractivity contribution in [3.63, 3.8) is 0 Å². The second-order valence-corrected chi connectivity index (χ2v) is 5.21. The molecule has 23 heavy (non-hydrogen) atoms. The fourth-order valence-corrected chi connectivity index (χ4v) is 2.21. The molecule has 0 atom stereocenters. The van der Waals surface area contributed by atoms with Crippen LogP contribution in [0.1, 0.15) is 39.2 Å². The quantitative estimate of drug-likeness (QED) is 0.395. The molecule has 1 rings (SSSR count). The molecule has 1 aromatic carbocycles. The van der Waals surface area contributed by atoms with E-state index in [1.807, 2.05) is 13.0 Å². The highest BCUT2D eigenvalue weighted by Crippen LogP contribution is 2.28. The molecule has 2 N–H and O–H groups in total. The molecule has 0 aliphatic carbocycles. The maximum Gasteiger partial charge on any atom is 0.191 e. The third-order valence-corrected chi connectivity index (χ3v) is 3.30. The van der Waals surface area contributed by atoms with E-state index in [9.17, 15) is 0 Å². The lowest BCUT2D eigenvalue weighted by atomic mass is 10.1. The van der Waals surface area contributed by atoms with E-state index in [0.717, 1.165) is 56.4 Å². The molecule has 0 unspecified atom stereocenters. The summed E-state index contributed by atoms with van der Waals surface area (Å²) in [4.78, 5) is 4.50. The minimum Gasteiger partial charge on any atom is -0.493 e. The van der Waals surface area contributed by atoms with Gasteiger partial charge in [0.2, 0.25) is 0 Å². The molecule has 0 fully saturated rings. The average molecular weight is 321 g/mol. The molecule has 0 saturated heterocycles. The summed E-state index contributed by atoms with van der Waals surface area (Å²) in [5.41, 5.74) is 1.26. The monoisotopic (exact) mass is 321 g/mol. The van der Waals surface area contributed by atoms with E-state index in [-0.39, 0.29) is 0 Å². The first-order chi connectivity index (χ1) is 11.2. The van der Waals surface area contributed by atoms with Crippen LogP contribution >= 0.6 is 0 Å². The predicted octanol–water partition coefficient (Wildman–Crippen LogP) is 2.99. The van der Waals surface area contributed by atoms with Gasteiger partial charge in [-0.05, 0) is 50.8 Å². The second kappa shape index (κ2) is 11.6. The summed E-state index contributed by atoms with van der Waals surface area (Å²) in [6.07, 6.45) is 3.08. The molecule has 0 spiro atoms. The Balaban J connectivity index is 2.47. The van der Waals surface area contributed by atoms with Crippen molar-refractivity contribution in [3.05, 3.63) is 23.8 Å². The number of hydrogen-bond acceptors (Lipinski definition) is 3. The van der Waals surface area contributed by atoms with E-state index >= 15 is 0 Å². The standard InChI is InChI=1S/C18H31N3O2/c1-5-12-20-18(19-6-2)21-13-8-9-15-10-11-16(22-4)17(14-15)23-7-3/h10-11,14H,5-9,12-13H2,1-4H3,(H2,19,20,21). The van der Waals surface area contributed by atoms with Crippen molar-refractivity contribution in [2.75, 3.05) is 33.4 Å². The Morgan fingerprint density at radius 2 is 1.96 bits per heavy atom. The van der Waals surface area contributed by atoms with Crippen LogP contribution in [-0.4, -0.2) is 39.3 Å². The Kier molecular flexibility index (Phi) is 9.68. The molecular weight excluding hydrogens is 290 g/mol. The van der Waals surface area contributed by atoms with Gasteiger partial charge in [0.1, 0.15) is 0 Å². The second-order valence-electron chi connectivity index (χ2n) is 5.21. The Morgan fingerprint density at radius 3 is 2.61 bits per heavy atom. The lowest BCUT2D eigenvalue weighted by molar-refractivity contribution is 0.310. The van der Waals surface area contributed by atoms with Crippen molar-refractivity contribution < 1.29 is 9.47 Å². The number of benzene rings is 1. The van der Waals surface area contributed by atoms with Crippen molar-refractivity contribution in [1.82, 2.24) is 10.6 Å². The van der Waals surface area contributed by atoms with Gasteiger partial charge in [0.25, 0.3) is 0 Å². The Bertz CT molecular complexity index is 475. The highest BCUT2D eigenvalue weighted by atomic mass is 16.5. The number of aliphatic imine (C=N–C) groups is 1. The average Bonchev–Trinajstić information content (AvgIpc) is 2.57. The molecule has 130 valence electrons. The first-order valence-corrected chi connectivity index (χ1v) is 8.57. The number of rotatable bonds is 10. The zero-order valence-electron chi connectivity index (χ0n) is 14.9. The van der Waals surface area contributed by atoms with Gasteiger partial charge < -0.3 is 20.1 Å². The van der Waals surface area contributed by atoms with Crippen LogP contribution in [0, 0.1) is 0 Å². The largest absolute Gasteiger partial charge is 0.493 e. The van der Waals surface area contributed by atoms with Gasteiger partial charge in [-0.15, -0.1) is 0 Å². The third kappa shape index (κ3) is 7.26. The van der Waals surface area contributed by atoms with Gasteiger partial charge in [0, 0.05) is 19.6 Å². The summed E-state index contributed by atoms with van der Waals surface area (Å²) in [6, 6.07) is 6.14. The minimum atomic E-state index is 0.640. The highest BCUT2D eigenvalue weighted by Gasteiger charge is 2.05. The van der Waals surface area contributed by atoms with E-state index in [0.29, 0.717) is 6.61 Å². The van der Waals surface area contributed by atoms with E-state index in [2.05, 4.69) is 41.6 Å². The summed E-state index contributed by atoms with van der Waals surface area (Å²) in [5, 5.41) is 6.63. The number of aryl methyl sites for hydroxylation is 1. The lowest BCUT2D eigenvalue weighted by Gasteiger charge is -2.12. The van der Waals surface area contributed by atoms with E-state index in [1.54, 1.807) is 7.11 Å². The van der Waals surface area contributed by atoms with Crippen molar-refractivity contribution in [2.24, 2.45) is 4.99 Å². The van der Waals surface area contributed by atoms with Crippen LogP contribution in [-0.2, 0) is 6.42 Å². The zero-order chi connectivity index (χ0) is 16.9. The number of nitrogens with zero attached hydrogens (tertiary/aromatic N) is 1. The SMILES string of the molecule is CCCN=C(NCC)NCCCc1ccc(OC)c(OCC)c1. The van der Waals surface area contributed by atoms with Crippen LogP contribution in [0.5, 0.6) is 11.5 Å². The van der Waals surface area contributed by atoms with Gasteiger partial charge in [-0.25, -0.2) is 0 Å². The maximum absolute atomic E-state index is 5.62. The molecule has 0 aliphatic rings. The number of guanidine groups is 1. The van der Waals surface area contributed by atoms with Crippen molar-refractivity contribution >= 4 is 5.96 Å². The normalized spacial score (nSPS) is 11.2. The Labute approximate surface area is 140 Å². The van der Waals surface area contributed by atoms with Crippen molar-refractivity contribution in [2.45, 2.75) is 40.0 Å². The van der Waals surface area contributed by atoms with Crippen LogP contribution in [0.2, 0.25) is 0 Å². The smallest absolute Gasteiger partial charge is 0.191 e. The van der Waals surface area contributed by atoms with Gasteiger partial charge in [-0.2, -0.15) is 0 Å². The minimum absolute atomic E-state index is 0.640.